The number of aliphatic hydroxyl groups excluding tert-OH is 1. The van der Waals surface area contributed by atoms with E-state index in [4.69, 9.17) is 4.42 Å². The Hall–Kier alpha value is -1.69. The average Bonchev–Trinajstić information content (AvgIpc) is 3.06. The monoisotopic (exact) mass is 304 g/mol. The van der Waals surface area contributed by atoms with E-state index in [2.05, 4.69) is 9.80 Å². The number of hydrogen-bond acceptors (Lipinski definition) is 4. The smallest absolute Gasteiger partial charge is 0.133 e. The molecule has 4 nitrogen and oxygen atoms in total. The number of benzene rings is 1. The van der Waals surface area contributed by atoms with Crippen LogP contribution in [0.5, 0.6) is 0 Å². The van der Waals surface area contributed by atoms with Gasteiger partial charge in [-0.2, -0.15) is 0 Å². The molecule has 0 aliphatic carbocycles. The van der Waals surface area contributed by atoms with E-state index in [9.17, 15) is 9.50 Å². The molecule has 0 bridgehead atoms. The Balaban J connectivity index is 1.45. The lowest BCUT2D eigenvalue weighted by Gasteiger charge is -2.35. The van der Waals surface area contributed by atoms with Crippen molar-refractivity contribution in [3.8, 4) is 0 Å². The van der Waals surface area contributed by atoms with Crippen molar-refractivity contribution < 1.29 is 13.9 Å². The highest BCUT2D eigenvalue weighted by atomic mass is 19.1. The lowest BCUT2D eigenvalue weighted by molar-refractivity contribution is 0.0598. The van der Waals surface area contributed by atoms with Gasteiger partial charge in [-0.3, -0.25) is 9.80 Å². The van der Waals surface area contributed by atoms with Crippen molar-refractivity contribution in [2.75, 3.05) is 32.7 Å². The van der Waals surface area contributed by atoms with Crippen LogP contribution < -0.4 is 0 Å². The number of piperazine rings is 1. The summed E-state index contributed by atoms with van der Waals surface area (Å²) in [7, 11) is 0. The summed E-state index contributed by atoms with van der Waals surface area (Å²) in [6.45, 7) is 5.16. The largest absolute Gasteiger partial charge is 0.467 e. The molecule has 0 unspecified atom stereocenters. The molecule has 1 aromatic carbocycles. The number of rotatable bonds is 5. The van der Waals surface area contributed by atoms with Crippen LogP contribution in [0.25, 0.3) is 0 Å². The highest BCUT2D eigenvalue weighted by molar-refractivity contribution is 5.16. The third-order valence-electron chi connectivity index (χ3n) is 4.09. The molecule has 1 aliphatic rings. The molecular weight excluding hydrogens is 283 g/mol. The molecule has 5 heteroatoms. The molecule has 0 saturated carbocycles. The first-order valence-corrected chi connectivity index (χ1v) is 7.61. The van der Waals surface area contributed by atoms with Crippen LogP contribution in [0.3, 0.4) is 0 Å². The topological polar surface area (TPSA) is 39.9 Å². The van der Waals surface area contributed by atoms with E-state index in [1.54, 1.807) is 18.4 Å². The summed E-state index contributed by atoms with van der Waals surface area (Å²) in [6, 6.07) is 10.3. The van der Waals surface area contributed by atoms with Crippen LogP contribution in [-0.2, 0) is 6.54 Å². The van der Waals surface area contributed by atoms with Gasteiger partial charge in [-0.05, 0) is 29.8 Å². The van der Waals surface area contributed by atoms with Crippen LogP contribution in [0, 0.1) is 5.82 Å². The zero-order valence-electron chi connectivity index (χ0n) is 12.5. The molecule has 1 N–H and O–H groups in total. The molecule has 1 aliphatic heterocycles. The Morgan fingerprint density at radius 3 is 2.36 bits per heavy atom. The van der Waals surface area contributed by atoms with Crippen LogP contribution in [-0.4, -0.2) is 47.6 Å². The quantitative estimate of drug-likeness (QED) is 0.920. The van der Waals surface area contributed by atoms with E-state index in [-0.39, 0.29) is 5.82 Å². The van der Waals surface area contributed by atoms with Gasteiger partial charge in [-0.1, -0.05) is 12.1 Å². The fraction of sp³-hybridized carbons (Fsp3) is 0.412. The Labute approximate surface area is 129 Å². The Bertz CT molecular complexity index is 563. The third-order valence-corrected chi connectivity index (χ3v) is 4.09. The minimum Gasteiger partial charge on any atom is -0.467 e. The number of halogens is 1. The molecule has 2 aromatic rings. The molecule has 1 atom stereocenters. The molecule has 118 valence electrons. The van der Waals surface area contributed by atoms with Crippen molar-refractivity contribution >= 4 is 0 Å². The molecule has 0 radical (unpaired) electrons. The standard InChI is InChI=1S/C17H21FN2O2/c18-15-5-3-14(4-6-15)12-19-7-9-20(10-8-19)13-16(21)17-2-1-11-22-17/h1-6,11,16,21H,7-10,12-13H2/t16-/m0/s1. The molecule has 1 saturated heterocycles. The van der Waals surface area contributed by atoms with Crippen molar-refractivity contribution in [1.29, 1.82) is 0 Å². The second-order valence-corrected chi connectivity index (χ2v) is 5.73. The Morgan fingerprint density at radius 1 is 1.05 bits per heavy atom. The van der Waals surface area contributed by atoms with Gasteiger partial charge in [-0.15, -0.1) is 0 Å². The van der Waals surface area contributed by atoms with Crippen LogP contribution in [0.2, 0.25) is 0 Å². The normalized spacial score (nSPS) is 18.5. The second kappa shape index (κ2) is 7.05. The number of furan rings is 1. The van der Waals surface area contributed by atoms with Crippen molar-refractivity contribution in [3.63, 3.8) is 0 Å². The second-order valence-electron chi connectivity index (χ2n) is 5.73. The molecule has 0 spiro atoms. The Morgan fingerprint density at radius 2 is 1.73 bits per heavy atom. The van der Waals surface area contributed by atoms with E-state index in [1.807, 2.05) is 12.1 Å². The summed E-state index contributed by atoms with van der Waals surface area (Å²) in [4.78, 5) is 4.59. The van der Waals surface area contributed by atoms with E-state index in [1.165, 1.54) is 12.1 Å². The zero-order valence-corrected chi connectivity index (χ0v) is 12.5. The molecular formula is C17H21FN2O2. The number of aliphatic hydroxyl groups is 1. The molecule has 0 amide bonds. The van der Waals surface area contributed by atoms with Crippen molar-refractivity contribution in [3.05, 3.63) is 59.8 Å². The number of hydrogen-bond donors (Lipinski definition) is 1. The first-order chi connectivity index (χ1) is 10.7. The van der Waals surface area contributed by atoms with Gasteiger partial charge in [0.25, 0.3) is 0 Å². The maximum atomic E-state index is 12.9. The van der Waals surface area contributed by atoms with Crippen LogP contribution in [0.4, 0.5) is 4.39 Å². The first-order valence-electron chi connectivity index (χ1n) is 7.61. The van der Waals surface area contributed by atoms with E-state index in [0.717, 1.165) is 38.3 Å². The Kier molecular flexibility index (Phi) is 4.87. The van der Waals surface area contributed by atoms with Crippen LogP contribution in [0.15, 0.2) is 47.1 Å². The lowest BCUT2D eigenvalue weighted by atomic mass is 10.2. The molecule has 22 heavy (non-hydrogen) atoms. The summed E-state index contributed by atoms with van der Waals surface area (Å²) in [5.41, 5.74) is 1.13. The van der Waals surface area contributed by atoms with Crippen molar-refractivity contribution in [1.82, 2.24) is 9.80 Å². The summed E-state index contributed by atoms with van der Waals surface area (Å²) in [5.74, 6) is 0.425. The average molecular weight is 304 g/mol. The third kappa shape index (κ3) is 3.94. The van der Waals surface area contributed by atoms with Gasteiger partial charge in [0, 0.05) is 39.3 Å². The lowest BCUT2D eigenvalue weighted by Crippen LogP contribution is -2.47. The highest BCUT2D eigenvalue weighted by Crippen LogP contribution is 2.16. The van der Waals surface area contributed by atoms with E-state index < -0.39 is 6.10 Å². The van der Waals surface area contributed by atoms with Crippen molar-refractivity contribution in [2.45, 2.75) is 12.6 Å². The minimum atomic E-state index is -0.571. The van der Waals surface area contributed by atoms with Gasteiger partial charge in [0.1, 0.15) is 17.7 Å². The van der Waals surface area contributed by atoms with Crippen LogP contribution in [0.1, 0.15) is 17.4 Å². The highest BCUT2D eigenvalue weighted by Gasteiger charge is 2.21. The van der Waals surface area contributed by atoms with Gasteiger partial charge in [-0.25, -0.2) is 4.39 Å². The summed E-state index contributed by atoms with van der Waals surface area (Å²) in [6.07, 6.45) is 1.01. The summed E-state index contributed by atoms with van der Waals surface area (Å²) in [5, 5.41) is 10.1. The maximum Gasteiger partial charge on any atom is 0.133 e. The van der Waals surface area contributed by atoms with E-state index >= 15 is 0 Å². The first kappa shape index (κ1) is 15.2. The maximum absolute atomic E-state index is 12.9. The molecule has 1 aromatic heterocycles. The van der Waals surface area contributed by atoms with Crippen molar-refractivity contribution in [2.24, 2.45) is 0 Å². The van der Waals surface area contributed by atoms with Gasteiger partial charge < -0.3 is 9.52 Å². The molecule has 1 fully saturated rings. The summed E-state index contributed by atoms with van der Waals surface area (Å²) < 4.78 is 18.1. The SMILES string of the molecule is O[C@@H](CN1CCN(Cc2ccc(F)cc2)CC1)c1ccco1. The van der Waals surface area contributed by atoms with Gasteiger partial charge in [0.05, 0.1) is 6.26 Å². The fourth-order valence-corrected chi connectivity index (χ4v) is 2.79. The van der Waals surface area contributed by atoms with E-state index in [0.29, 0.717) is 12.3 Å². The van der Waals surface area contributed by atoms with Crippen LogP contribution >= 0.6 is 0 Å². The number of β-amino-alcohol motifs (C(OH)–C–C–N with tert-alkyl or cyclic N) is 1. The van der Waals surface area contributed by atoms with Gasteiger partial charge in [0.15, 0.2) is 0 Å². The molecule has 3 rings (SSSR count). The predicted molar refractivity (Wildman–Crippen MR) is 81.8 cm³/mol. The zero-order chi connectivity index (χ0) is 15.4. The number of nitrogens with zero attached hydrogens (tertiary/aromatic N) is 2. The minimum absolute atomic E-state index is 0.194. The summed E-state index contributed by atoms with van der Waals surface area (Å²) >= 11 is 0. The fourth-order valence-electron chi connectivity index (χ4n) is 2.79. The molecule has 2 heterocycles. The van der Waals surface area contributed by atoms with Gasteiger partial charge >= 0.3 is 0 Å². The van der Waals surface area contributed by atoms with Gasteiger partial charge in [0.2, 0.25) is 0 Å². The predicted octanol–water partition coefficient (Wildman–Crippen LogP) is 2.27.